The van der Waals surface area contributed by atoms with E-state index in [0.29, 0.717) is 6.42 Å². The van der Waals surface area contributed by atoms with Crippen molar-refractivity contribution in [1.82, 2.24) is 4.31 Å². The van der Waals surface area contributed by atoms with E-state index < -0.39 is 21.9 Å². The van der Waals surface area contributed by atoms with Gasteiger partial charge >= 0.3 is 5.97 Å². The maximum atomic E-state index is 14.0. The smallest absolute Gasteiger partial charge is 0.305 e. The number of carbonyl (C=O) groups excluding carboxylic acids is 1. The standard InChI is InChI=1S/C25H30FNO7S/c1-3-7-24(28)32-16-19-15-27(18-8-4-5-9-18)35(29,30)25-21(33-19)10-6-11-22(25)34-20-13-12-17(26)14-23(20)31-2/h6,10-14,18-19H,3-5,7-9,15-16H2,1-2H3/t19-/m1/s1. The third kappa shape index (κ3) is 5.54. The molecule has 0 N–H and O–H groups in total. The molecule has 1 aliphatic carbocycles. The van der Waals surface area contributed by atoms with Crippen LogP contribution in [0.25, 0.3) is 0 Å². The van der Waals surface area contributed by atoms with Gasteiger partial charge in [0, 0.05) is 18.5 Å². The number of benzene rings is 2. The van der Waals surface area contributed by atoms with E-state index in [0.717, 1.165) is 31.7 Å². The normalized spacial score (nSPS) is 19.9. The van der Waals surface area contributed by atoms with Crippen LogP contribution in [-0.4, -0.2) is 51.1 Å². The van der Waals surface area contributed by atoms with Crippen LogP contribution in [0.4, 0.5) is 4.39 Å². The molecule has 1 heterocycles. The highest BCUT2D eigenvalue weighted by Gasteiger charge is 2.42. The van der Waals surface area contributed by atoms with Crippen molar-refractivity contribution in [2.24, 2.45) is 0 Å². The van der Waals surface area contributed by atoms with Gasteiger partial charge in [-0.15, -0.1) is 0 Å². The molecule has 0 amide bonds. The van der Waals surface area contributed by atoms with Crippen molar-refractivity contribution < 1.29 is 36.6 Å². The van der Waals surface area contributed by atoms with Crippen LogP contribution in [0.1, 0.15) is 45.4 Å². The monoisotopic (exact) mass is 507 g/mol. The van der Waals surface area contributed by atoms with Gasteiger partial charge in [-0.3, -0.25) is 4.79 Å². The number of hydrogen-bond donors (Lipinski definition) is 0. The van der Waals surface area contributed by atoms with Gasteiger partial charge in [0.05, 0.1) is 13.7 Å². The molecule has 0 aromatic heterocycles. The molecule has 1 saturated carbocycles. The minimum absolute atomic E-state index is 0.0408. The van der Waals surface area contributed by atoms with Gasteiger partial charge < -0.3 is 18.9 Å². The highest BCUT2D eigenvalue weighted by molar-refractivity contribution is 7.89. The van der Waals surface area contributed by atoms with E-state index in [4.69, 9.17) is 18.9 Å². The summed E-state index contributed by atoms with van der Waals surface area (Å²) in [6.45, 7) is 1.87. The molecule has 190 valence electrons. The summed E-state index contributed by atoms with van der Waals surface area (Å²) in [6.07, 6.45) is 3.62. The van der Waals surface area contributed by atoms with E-state index >= 15 is 0 Å². The lowest BCUT2D eigenvalue weighted by Gasteiger charge is -2.28. The zero-order valence-corrected chi connectivity index (χ0v) is 20.7. The number of ether oxygens (including phenoxy) is 4. The molecular formula is C25H30FNO7S. The van der Waals surface area contributed by atoms with Gasteiger partial charge in [-0.25, -0.2) is 12.8 Å². The van der Waals surface area contributed by atoms with Crippen LogP contribution in [0.5, 0.6) is 23.0 Å². The highest BCUT2D eigenvalue weighted by atomic mass is 32.2. The number of nitrogens with zero attached hydrogens (tertiary/aromatic N) is 1. The van der Waals surface area contributed by atoms with Crippen molar-refractivity contribution in [3.05, 3.63) is 42.2 Å². The largest absolute Gasteiger partial charge is 0.493 e. The van der Waals surface area contributed by atoms with E-state index in [1.54, 1.807) is 12.1 Å². The first-order valence-corrected chi connectivity index (χ1v) is 13.3. The molecule has 1 aliphatic heterocycles. The molecule has 0 radical (unpaired) electrons. The lowest BCUT2D eigenvalue weighted by Crippen LogP contribution is -2.44. The van der Waals surface area contributed by atoms with Gasteiger partial charge in [0.15, 0.2) is 22.1 Å². The van der Waals surface area contributed by atoms with Crippen LogP contribution >= 0.6 is 0 Å². The van der Waals surface area contributed by atoms with Gasteiger partial charge in [0.2, 0.25) is 0 Å². The molecule has 35 heavy (non-hydrogen) atoms. The van der Waals surface area contributed by atoms with Crippen LogP contribution in [0, 0.1) is 5.82 Å². The molecule has 0 spiro atoms. The minimum Gasteiger partial charge on any atom is -0.493 e. The Hall–Kier alpha value is -2.85. The molecule has 2 aliphatic rings. The van der Waals surface area contributed by atoms with Crippen molar-refractivity contribution >= 4 is 16.0 Å². The van der Waals surface area contributed by atoms with E-state index in [2.05, 4.69) is 0 Å². The number of hydrogen-bond acceptors (Lipinski definition) is 7. The van der Waals surface area contributed by atoms with Gasteiger partial charge in [0.25, 0.3) is 10.0 Å². The summed E-state index contributed by atoms with van der Waals surface area (Å²) in [7, 11) is -2.66. The van der Waals surface area contributed by atoms with Gasteiger partial charge in [-0.2, -0.15) is 4.31 Å². The van der Waals surface area contributed by atoms with E-state index in [1.165, 1.54) is 29.6 Å². The van der Waals surface area contributed by atoms with Crippen LogP contribution < -0.4 is 14.2 Å². The molecule has 2 aromatic carbocycles. The molecular weight excluding hydrogens is 477 g/mol. The summed E-state index contributed by atoms with van der Waals surface area (Å²) in [5.74, 6) is -0.414. The Kier molecular flexibility index (Phi) is 7.81. The molecule has 1 fully saturated rings. The molecule has 0 bridgehead atoms. The van der Waals surface area contributed by atoms with E-state index in [1.807, 2.05) is 6.92 Å². The molecule has 0 unspecified atom stereocenters. The Balaban J connectivity index is 1.73. The number of sulfonamides is 1. The second kappa shape index (κ2) is 10.8. The molecule has 1 atom stereocenters. The third-order valence-electron chi connectivity index (χ3n) is 6.15. The Morgan fingerprint density at radius 1 is 1.14 bits per heavy atom. The fraction of sp³-hybridized carbons (Fsp3) is 0.480. The summed E-state index contributed by atoms with van der Waals surface area (Å²) < 4.78 is 65.7. The Morgan fingerprint density at radius 2 is 1.91 bits per heavy atom. The zero-order valence-electron chi connectivity index (χ0n) is 19.9. The fourth-order valence-corrected chi connectivity index (χ4v) is 6.42. The average molecular weight is 508 g/mol. The molecule has 2 aromatic rings. The Bertz CT molecular complexity index is 1160. The number of rotatable bonds is 8. The van der Waals surface area contributed by atoms with Crippen molar-refractivity contribution in [2.75, 3.05) is 20.3 Å². The van der Waals surface area contributed by atoms with Crippen LogP contribution in [0.15, 0.2) is 41.3 Å². The summed E-state index contributed by atoms with van der Waals surface area (Å²) >= 11 is 0. The predicted octanol–water partition coefficient (Wildman–Crippen LogP) is 4.66. The van der Waals surface area contributed by atoms with Crippen LogP contribution in [0.2, 0.25) is 0 Å². The lowest BCUT2D eigenvalue weighted by molar-refractivity contribution is -0.146. The topological polar surface area (TPSA) is 91.4 Å². The number of fused-ring (bicyclic) bond motifs is 1. The number of halogens is 1. The van der Waals surface area contributed by atoms with Crippen LogP contribution in [-0.2, 0) is 19.6 Å². The number of carbonyl (C=O) groups is 1. The summed E-state index contributed by atoms with van der Waals surface area (Å²) in [6, 6.07) is 8.26. The van der Waals surface area contributed by atoms with Crippen molar-refractivity contribution in [1.29, 1.82) is 0 Å². The molecule has 10 heteroatoms. The highest BCUT2D eigenvalue weighted by Crippen LogP contribution is 2.43. The van der Waals surface area contributed by atoms with Gasteiger partial charge in [0.1, 0.15) is 24.3 Å². The maximum Gasteiger partial charge on any atom is 0.305 e. The molecule has 0 saturated heterocycles. The predicted molar refractivity (Wildman–Crippen MR) is 126 cm³/mol. The van der Waals surface area contributed by atoms with E-state index in [9.17, 15) is 17.6 Å². The first kappa shape index (κ1) is 25.2. The minimum atomic E-state index is -4.03. The van der Waals surface area contributed by atoms with E-state index in [-0.39, 0.29) is 59.5 Å². The second-order valence-electron chi connectivity index (χ2n) is 8.67. The number of esters is 1. The van der Waals surface area contributed by atoms with Crippen LogP contribution in [0.3, 0.4) is 0 Å². The second-order valence-corrected chi connectivity index (χ2v) is 10.5. The lowest BCUT2D eigenvalue weighted by atomic mass is 10.2. The van der Waals surface area contributed by atoms with Gasteiger partial charge in [-0.1, -0.05) is 25.8 Å². The first-order valence-electron chi connectivity index (χ1n) is 11.8. The summed E-state index contributed by atoms with van der Waals surface area (Å²) in [5, 5.41) is 0. The molecule has 8 nitrogen and oxygen atoms in total. The quantitative estimate of drug-likeness (QED) is 0.480. The summed E-state index contributed by atoms with van der Waals surface area (Å²) in [5.41, 5.74) is 0. The third-order valence-corrected chi connectivity index (χ3v) is 8.13. The van der Waals surface area contributed by atoms with Gasteiger partial charge in [-0.05, 0) is 43.5 Å². The van der Waals surface area contributed by atoms with Crippen molar-refractivity contribution in [2.45, 2.75) is 62.5 Å². The van der Waals surface area contributed by atoms with Crippen molar-refractivity contribution in [3.8, 4) is 23.0 Å². The average Bonchev–Trinajstić information content (AvgIpc) is 3.32. The molecule has 4 rings (SSSR count). The fourth-order valence-electron chi connectivity index (χ4n) is 4.49. The number of methoxy groups -OCH3 is 1. The Labute approximate surface area is 205 Å². The Morgan fingerprint density at radius 3 is 2.63 bits per heavy atom. The SMILES string of the molecule is CCCC(=O)OC[C@H]1CN(C2CCCC2)S(=O)(=O)c2c(Oc3ccc(F)cc3OC)cccc2O1. The summed E-state index contributed by atoms with van der Waals surface area (Å²) in [4.78, 5) is 11.8. The van der Waals surface area contributed by atoms with Crippen molar-refractivity contribution in [3.63, 3.8) is 0 Å². The maximum absolute atomic E-state index is 14.0. The first-order chi connectivity index (χ1) is 16.8. The zero-order chi connectivity index (χ0) is 25.0.